The standard InChI is InChI=1S/C20H26N2O3S/c1-3-14-26(24,25)22-13-7-12-19(22)20(23)21-15(2)17-11-6-9-16-8-4-5-10-18(16)17/h4-6,8-11,15,19H,3,7,12-14H2,1-2H3,(H,21,23). The number of amides is 1. The Morgan fingerprint density at radius 1 is 1.23 bits per heavy atom. The Morgan fingerprint density at radius 3 is 2.73 bits per heavy atom. The molecule has 1 amide bonds. The first-order valence-corrected chi connectivity index (χ1v) is 10.8. The number of carbonyl (C=O) groups excluding carboxylic acids is 1. The summed E-state index contributed by atoms with van der Waals surface area (Å²) >= 11 is 0. The van der Waals surface area contributed by atoms with E-state index in [9.17, 15) is 13.2 Å². The minimum Gasteiger partial charge on any atom is -0.348 e. The zero-order chi connectivity index (χ0) is 18.7. The number of fused-ring (bicyclic) bond motifs is 1. The van der Waals surface area contributed by atoms with Crippen LogP contribution in [0.4, 0.5) is 0 Å². The summed E-state index contributed by atoms with van der Waals surface area (Å²) in [6.45, 7) is 4.22. The van der Waals surface area contributed by atoms with Crippen molar-refractivity contribution in [3.63, 3.8) is 0 Å². The summed E-state index contributed by atoms with van der Waals surface area (Å²) < 4.78 is 26.2. The lowest BCUT2D eigenvalue weighted by Gasteiger charge is -2.25. The average Bonchev–Trinajstić information content (AvgIpc) is 3.12. The van der Waals surface area contributed by atoms with Gasteiger partial charge in [-0.25, -0.2) is 8.42 Å². The minimum absolute atomic E-state index is 0.0929. The van der Waals surface area contributed by atoms with E-state index in [4.69, 9.17) is 0 Å². The van der Waals surface area contributed by atoms with Gasteiger partial charge in [0.25, 0.3) is 0 Å². The second-order valence-electron chi connectivity index (χ2n) is 6.88. The average molecular weight is 375 g/mol. The Bertz CT molecular complexity index is 890. The topological polar surface area (TPSA) is 66.5 Å². The summed E-state index contributed by atoms with van der Waals surface area (Å²) in [6.07, 6.45) is 1.86. The molecule has 0 radical (unpaired) electrons. The molecule has 5 nitrogen and oxygen atoms in total. The van der Waals surface area contributed by atoms with Crippen LogP contribution in [0.2, 0.25) is 0 Å². The van der Waals surface area contributed by atoms with Crippen LogP contribution in [0.25, 0.3) is 10.8 Å². The Balaban J connectivity index is 1.78. The van der Waals surface area contributed by atoms with Gasteiger partial charge in [0.15, 0.2) is 0 Å². The SMILES string of the molecule is CCCS(=O)(=O)N1CCCC1C(=O)NC(C)c1cccc2ccccc12. The van der Waals surface area contributed by atoms with E-state index >= 15 is 0 Å². The van der Waals surface area contributed by atoms with Crippen molar-refractivity contribution < 1.29 is 13.2 Å². The van der Waals surface area contributed by atoms with Crippen molar-refractivity contribution in [1.29, 1.82) is 0 Å². The van der Waals surface area contributed by atoms with E-state index in [1.165, 1.54) is 4.31 Å². The van der Waals surface area contributed by atoms with Gasteiger partial charge in [0.2, 0.25) is 15.9 Å². The van der Waals surface area contributed by atoms with Crippen LogP contribution in [0, 0.1) is 0 Å². The Morgan fingerprint density at radius 2 is 1.96 bits per heavy atom. The summed E-state index contributed by atoms with van der Waals surface area (Å²) in [5, 5.41) is 5.26. The third kappa shape index (κ3) is 3.76. The molecule has 0 aromatic heterocycles. The van der Waals surface area contributed by atoms with Crippen LogP contribution in [0.3, 0.4) is 0 Å². The quantitative estimate of drug-likeness (QED) is 0.844. The molecule has 140 valence electrons. The fourth-order valence-corrected chi connectivity index (χ4v) is 5.47. The molecular weight excluding hydrogens is 348 g/mol. The van der Waals surface area contributed by atoms with E-state index in [0.717, 1.165) is 22.8 Å². The first-order chi connectivity index (χ1) is 12.4. The fourth-order valence-electron chi connectivity index (χ4n) is 3.73. The maximum Gasteiger partial charge on any atom is 0.238 e. The van der Waals surface area contributed by atoms with Crippen LogP contribution in [-0.4, -0.2) is 37.0 Å². The number of nitrogens with one attached hydrogen (secondary N) is 1. The predicted molar refractivity (Wildman–Crippen MR) is 104 cm³/mol. The van der Waals surface area contributed by atoms with E-state index in [2.05, 4.69) is 5.32 Å². The van der Waals surface area contributed by atoms with Crippen molar-refractivity contribution in [2.24, 2.45) is 0 Å². The van der Waals surface area contributed by atoms with Crippen LogP contribution < -0.4 is 5.32 Å². The Labute approximate surface area is 155 Å². The monoisotopic (exact) mass is 374 g/mol. The highest BCUT2D eigenvalue weighted by Crippen LogP contribution is 2.26. The molecular formula is C20H26N2O3S. The lowest BCUT2D eigenvalue weighted by Crippen LogP contribution is -2.47. The van der Waals surface area contributed by atoms with Gasteiger partial charge in [0.1, 0.15) is 6.04 Å². The molecule has 0 saturated carbocycles. The maximum atomic E-state index is 12.8. The largest absolute Gasteiger partial charge is 0.348 e. The number of sulfonamides is 1. The molecule has 26 heavy (non-hydrogen) atoms. The van der Waals surface area contributed by atoms with Gasteiger partial charge in [-0.3, -0.25) is 4.79 Å². The van der Waals surface area contributed by atoms with Crippen molar-refractivity contribution in [1.82, 2.24) is 9.62 Å². The van der Waals surface area contributed by atoms with Gasteiger partial charge in [0, 0.05) is 6.54 Å². The zero-order valence-electron chi connectivity index (χ0n) is 15.3. The maximum absolute atomic E-state index is 12.8. The molecule has 1 saturated heterocycles. The normalized spacial score (nSPS) is 19.5. The van der Waals surface area contributed by atoms with Crippen LogP contribution in [0.5, 0.6) is 0 Å². The molecule has 2 aromatic rings. The highest BCUT2D eigenvalue weighted by molar-refractivity contribution is 7.89. The highest BCUT2D eigenvalue weighted by atomic mass is 32.2. The summed E-state index contributed by atoms with van der Waals surface area (Å²) in [6, 6.07) is 13.3. The summed E-state index contributed by atoms with van der Waals surface area (Å²) in [4.78, 5) is 12.8. The minimum atomic E-state index is -3.37. The first kappa shape index (κ1) is 18.9. The van der Waals surface area contributed by atoms with Gasteiger partial charge in [-0.2, -0.15) is 4.31 Å². The first-order valence-electron chi connectivity index (χ1n) is 9.21. The van der Waals surface area contributed by atoms with Gasteiger partial charge in [-0.1, -0.05) is 49.4 Å². The number of carbonyl (C=O) groups is 1. The van der Waals surface area contributed by atoms with Gasteiger partial charge in [0.05, 0.1) is 11.8 Å². The molecule has 3 rings (SSSR count). The van der Waals surface area contributed by atoms with Crippen molar-refractivity contribution in [2.45, 2.75) is 45.2 Å². The third-order valence-electron chi connectivity index (χ3n) is 4.97. The molecule has 1 aliphatic rings. The van der Waals surface area contributed by atoms with Crippen LogP contribution >= 0.6 is 0 Å². The zero-order valence-corrected chi connectivity index (χ0v) is 16.1. The molecule has 1 N–H and O–H groups in total. The molecule has 0 spiro atoms. The van der Waals surface area contributed by atoms with Crippen LogP contribution in [0.15, 0.2) is 42.5 Å². The van der Waals surface area contributed by atoms with Crippen molar-refractivity contribution >= 4 is 26.7 Å². The molecule has 1 heterocycles. The van der Waals surface area contributed by atoms with E-state index in [1.807, 2.05) is 56.3 Å². The van der Waals surface area contributed by atoms with Gasteiger partial charge >= 0.3 is 0 Å². The molecule has 0 bridgehead atoms. The van der Waals surface area contributed by atoms with Crippen LogP contribution in [-0.2, 0) is 14.8 Å². The van der Waals surface area contributed by atoms with E-state index < -0.39 is 16.1 Å². The smallest absolute Gasteiger partial charge is 0.238 e. The van der Waals surface area contributed by atoms with Crippen molar-refractivity contribution in [3.05, 3.63) is 48.0 Å². The van der Waals surface area contributed by atoms with Gasteiger partial charge in [-0.05, 0) is 42.5 Å². The van der Waals surface area contributed by atoms with Gasteiger partial charge < -0.3 is 5.32 Å². The molecule has 2 atom stereocenters. The lowest BCUT2D eigenvalue weighted by molar-refractivity contribution is -0.124. The molecule has 0 aliphatic carbocycles. The summed E-state index contributed by atoms with van der Waals surface area (Å²) in [5.41, 5.74) is 1.04. The highest BCUT2D eigenvalue weighted by Gasteiger charge is 2.38. The Hall–Kier alpha value is -1.92. The van der Waals surface area contributed by atoms with E-state index in [1.54, 1.807) is 0 Å². The van der Waals surface area contributed by atoms with Crippen LogP contribution in [0.1, 0.15) is 44.7 Å². The Kier molecular flexibility index (Phi) is 5.63. The predicted octanol–water partition coefficient (Wildman–Crippen LogP) is 3.22. The summed E-state index contributed by atoms with van der Waals surface area (Å²) in [5.74, 6) is -0.113. The van der Waals surface area contributed by atoms with E-state index in [-0.39, 0.29) is 17.7 Å². The van der Waals surface area contributed by atoms with Crippen molar-refractivity contribution in [3.8, 4) is 0 Å². The molecule has 1 fully saturated rings. The second kappa shape index (κ2) is 7.76. The van der Waals surface area contributed by atoms with E-state index in [0.29, 0.717) is 19.4 Å². The number of hydrogen-bond acceptors (Lipinski definition) is 3. The number of hydrogen-bond donors (Lipinski definition) is 1. The summed E-state index contributed by atoms with van der Waals surface area (Å²) in [7, 11) is -3.37. The molecule has 6 heteroatoms. The number of benzene rings is 2. The molecule has 1 aliphatic heterocycles. The van der Waals surface area contributed by atoms with Gasteiger partial charge in [-0.15, -0.1) is 0 Å². The number of rotatable bonds is 6. The lowest BCUT2D eigenvalue weighted by atomic mass is 9.99. The molecule has 2 unspecified atom stereocenters. The third-order valence-corrected chi connectivity index (χ3v) is 7.05. The molecule has 2 aromatic carbocycles. The fraction of sp³-hybridized carbons (Fsp3) is 0.450. The second-order valence-corrected chi connectivity index (χ2v) is 8.92. The number of nitrogens with zero attached hydrogens (tertiary/aromatic N) is 1. The van der Waals surface area contributed by atoms with Crippen molar-refractivity contribution in [2.75, 3.05) is 12.3 Å².